The van der Waals surface area contributed by atoms with Gasteiger partial charge in [-0.2, -0.15) is 4.31 Å². The fraction of sp³-hybridized carbons (Fsp3) is 0.522. The van der Waals surface area contributed by atoms with E-state index >= 15 is 0 Å². The fourth-order valence-corrected chi connectivity index (χ4v) is 6.09. The Balaban J connectivity index is 1.81. The van der Waals surface area contributed by atoms with E-state index in [2.05, 4.69) is 28.6 Å². The first-order chi connectivity index (χ1) is 15.6. The molecule has 0 spiro atoms. The Morgan fingerprint density at radius 3 is 2.48 bits per heavy atom. The molecule has 3 rings (SSSR count). The number of aryl methyl sites for hydroxylation is 1. The molecular formula is C23H33N5O3S2. The van der Waals surface area contributed by atoms with Crippen LogP contribution in [-0.4, -0.2) is 56.5 Å². The minimum Gasteiger partial charge on any atom is -0.348 e. The molecule has 10 heteroatoms. The second-order valence-corrected chi connectivity index (χ2v) is 11.4. The first-order valence-corrected chi connectivity index (χ1v) is 13.7. The number of carbonyl (C=O) groups is 1. The van der Waals surface area contributed by atoms with Gasteiger partial charge in [0.05, 0.1) is 10.6 Å². The third kappa shape index (κ3) is 5.33. The zero-order chi connectivity index (χ0) is 24.3. The van der Waals surface area contributed by atoms with Gasteiger partial charge in [0.15, 0.2) is 16.6 Å². The lowest BCUT2D eigenvalue weighted by atomic mass is 10.1. The van der Waals surface area contributed by atoms with Crippen molar-refractivity contribution >= 4 is 33.2 Å². The van der Waals surface area contributed by atoms with Crippen molar-refractivity contribution in [2.45, 2.75) is 64.6 Å². The average molecular weight is 492 g/mol. The SMILES string of the molecule is CCN(CC)S(=O)(=O)c1ccc2nnc(SCC(=O)c3cc(C)n(CCC(C)C)c3C)n2c1. The average Bonchev–Trinajstić information content (AvgIpc) is 3.30. The van der Waals surface area contributed by atoms with E-state index in [-0.39, 0.29) is 16.4 Å². The van der Waals surface area contributed by atoms with Crippen molar-refractivity contribution in [1.29, 1.82) is 0 Å². The summed E-state index contributed by atoms with van der Waals surface area (Å²) in [4.78, 5) is 13.2. The van der Waals surface area contributed by atoms with Crippen LogP contribution in [0.1, 0.15) is 55.9 Å². The molecule has 180 valence electrons. The topological polar surface area (TPSA) is 89.6 Å². The number of carbonyl (C=O) groups excluding carboxylic acids is 1. The van der Waals surface area contributed by atoms with E-state index < -0.39 is 10.0 Å². The van der Waals surface area contributed by atoms with Gasteiger partial charge in [-0.25, -0.2) is 8.42 Å². The van der Waals surface area contributed by atoms with Gasteiger partial charge in [0.25, 0.3) is 0 Å². The predicted octanol–water partition coefficient (Wildman–Crippen LogP) is 4.20. The van der Waals surface area contributed by atoms with E-state index in [4.69, 9.17) is 0 Å². The van der Waals surface area contributed by atoms with Crippen molar-refractivity contribution in [3.63, 3.8) is 0 Å². The molecule has 0 amide bonds. The number of nitrogens with zero attached hydrogens (tertiary/aromatic N) is 5. The Hall–Kier alpha value is -2.17. The van der Waals surface area contributed by atoms with Gasteiger partial charge in [0, 0.05) is 42.8 Å². The summed E-state index contributed by atoms with van der Waals surface area (Å²) in [7, 11) is -3.60. The molecule has 33 heavy (non-hydrogen) atoms. The van der Waals surface area contributed by atoms with Gasteiger partial charge in [-0.15, -0.1) is 10.2 Å². The quantitative estimate of drug-likeness (QED) is 0.295. The van der Waals surface area contributed by atoms with Crippen LogP contribution in [-0.2, 0) is 16.6 Å². The Bertz CT molecular complexity index is 1240. The smallest absolute Gasteiger partial charge is 0.244 e. The molecule has 8 nitrogen and oxygen atoms in total. The molecule has 0 saturated carbocycles. The van der Waals surface area contributed by atoms with Gasteiger partial charge in [-0.3, -0.25) is 9.20 Å². The minimum absolute atomic E-state index is 0.0209. The fourth-order valence-electron chi connectivity index (χ4n) is 3.84. The van der Waals surface area contributed by atoms with E-state index in [1.165, 1.54) is 22.3 Å². The minimum atomic E-state index is -3.60. The second-order valence-electron chi connectivity index (χ2n) is 8.50. The van der Waals surface area contributed by atoms with Gasteiger partial charge >= 0.3 is 0 Å². The highest BCUT2D eigenvalue weighted by molar-refractivity contribution is 7.99. The van der Waals surface area contributed by atoms with Crippen molar-refractivity contribution < 1.29 is 13.2 Å². The first kappa shape index (κ1) is 25.5. The van der Waals surface area contributed by atoms with Crippen LogP contribution in [0.5, 0.6) is 0 Å². The van der Waals surface area contributed by atoms with Crippen LogP contribution in [0, 0.1) is 19.8 Å². The summed E-state index contributed by atoms with van der Waals surface area (Å²) < 4.78 is 31.0. The maximum Gasteiger partial charge on any atom is 0.244 e. The third-order valence-corrected chi connectivity index (χ3v) is 8.80. The summed E-state index contributed by atoms with van der Waals surface area (Å²) >= 11 is 1.26. The molecule has 0 aliphatic heterocycles. The zero-order valence-corrected chi connectivity index (χ0v) is 21.8. The van der Waals surface area contributed by atoms with Crippen molar-refractivity contribution in [2.75, 3.05) is 18.8 Å². The summed E-state index contributed by atoms with van der Waals surface area (Å²) in [5, 5.41) is 8.79. The molecule has 0 unspecified atom stereocenters. The molecule has 3 aromatic heterocycles. The molecule has 0 saturated heterocycles. The number of Topliss-reactive ketones (excluding diaryl/α,β-unsaturated/α-hetero) is 1. The van der Waals surface area contributed by atoms with Crippen molar-refractivity contribution in [2.24, 2.45) is 5.92 Å². The lowest BCUT2D eigenvalue weighted by Gasteiger charge is -2.18. The number of fused-ring (bicyclic) bond motifs is 1. The maximum atomic E-state index is 13.0. The highest BCUT2D eigenvalue weighted by Gasteiger charge is 2.23. The van der Waals surface area contributed by atoms with Gasteiger partial charge < -0.3 is 4.57 Å². The van der Waals surface area contributed by atoms with E-state index in [1.807, 2.05) is 33.8 Å². The van der Waals surface area contributed by atoms with E-state index in [0.717, 1.165) is 29.9 Å². The summed E-state index contributed by atoms with van der Waals surface area (Å²) in [6.45, 7) is 13.7. The van der Waals surface area contributed by atoms with Crippen LogP contribution in [0.25, 0.3) is 5.65 Å². The van der Waals surface area contributed by atoms with Crippen molar-refractivity contribution in [1.82, 2.24) is 23.5 Å². The first-order valence-electron chi connectivity index (χ1n) is 11.3. The molecule has 0 fully saturated rings. The monoisotopic (exact) mass is 491 g/mol. The van der Waals surface area contributed by atoms with Crippen LogP contribution in [0.2, 0.25) is 0 Å². The lowest BCUT2D eigenvalue weighted by molar-refractivity contribution is 0.102. The molecule has 3 heterocycles. The van der Waals surface area contributed by atoms with E-state index in [0.29, 0.717) is 29.8 Å². The summed E-state index contributed by atoms with van der Waals surface area (Å²) in [5.41, 5.74) is 3.33. The molecule has 3 aromatic rings. The van der Waals surface area contributed by atoms with Crippen LogP contribution >= 0.6 is 11.8 Å². The van der Waals surface area contributed by atoms with Gasteiger partial charge in [0.1, 0.15) is 0 Å². The number of aromatic nitrogens is 4. The molecule has 0 N–H and O–H groups in total. The number of thioether (sulfide) groups is 1. The van der Waals surface area contributed by atoms with Crippen LogP contribution in [0.4, 0.5) is 0 Å². The highest BCUT2D eigenvalue weighted by atomic mass is 32.2. The van der Waals surface area contributed by atoms with E-state index in [9.17, 15) is 13.2 Å². The Kier molecular flexibility index (Phi) is 8.02. The number of rotatable bonds is 11. The number of sulfonamides is 1. The number of ketones is 1. The van der Waals surface area contributed by atoms with Gasteiger partial charge in [-0.1, -0.05) is 39.5 Å². The van der Waals surface area contributed by atoms with Crippen molar-refractivity contribution in [3.8, 4) is 0 Å². The Morgan fingerprint density at radius 1 is 1.15 bits per heavy atom. The van der Waals surface area contributed by atoms with Crippen molar-refractivity contribution in [3.05, 3.63) is 41.3 Å². The third-order valence-electron chi connectivity index (χ3n) is 5.82. The lowest BCUT2D eigenvalue weighted by Crippen LogP contribution is -2.30. The summed E-state index contributed by atoms with van der Waals surface area (Å²) in [6.07, 6.45) is 2.59. The predicted molar refractivity (Wildman–Crippen MR) is 132 cm³/mol. The van der Waals surface area contributed by atoms with Gasteiger partial charge in [0.2, 0.25) is 10.0 Å². The van der Waals surface area contributed by atoms with Crippen LogP contribution < -0.4 is 0 Å². The molecular weight excluding hydrogens is 458 g/mol. The standard InChI is InChI=1S/C23H33N5O3S2/c1-7-26(8-2)33(30,31)19-9-10-22-24-25-23(28(22)14-19)32-15-21(29)20-13-17(5)27(18(20)6)12-11-16(3)4/h9-10,13-14,16H,7-8,11-12,15H2,1-6H3. The molecule has 0 aliphatic carbocycles. The number of pyridine rings is 1. The number of hydrogen-bond donors (Lipinski definition) is 0. The highest BCUT2D eigenvalue weighted by Crippen LogP contribution is 2.24. The largest absolute Gasteiger partial charge is 0.348 e. The summed E-state index contributed by atoms with van der Waals surface area (Å²) in [5.74, 6) is 0.813. The Labute approximate surface area is 200 Å². The van der Waals surface area contributed by atoms with E-state index in [1.54, 1.807) is 16.5 Å². The molecule has 0 aromatic carbocycles. The van der Waals surface area contributed by atoms with Crippen LogP contribution in [0.15, 0.2) is 34.4 Å². The normalized spacial score (nSPS) is 12.4. The molecule has 0 bridgehead atoms. The Morgan fingerprint density at radius 2 is 1.85 bits per heavy atom. The van der Waals surface area contributed by atoms with Gasteiger partial charge in [-0.05, 0) is 44.4 Å². The maximum absolute atomic E-state index is 13.0. The number of hydrogen-bond acceptors (Lipinski definition) is 6. The molecule has 0 atom stereocenters. The second kappa shape index (κ2) is 10.4. The molecule has 0 radical (unpaired) electrons. The molecule has 0 aliphatic rings. The van der Waals surface area contributed by atoms with Crippen LogP contribution in [0.3, 0.4) is 0 Å². The summed E-state index contributed by atoms with van der Waals surface area (Å²) in [6, 6.07) is 5.14. The zero-order valence-electron chi connectivity index (χ0n) is 20.2.